The van der Waals surface area contributed by atoms with Gasteiger partial charge in [0, 0.05) is 23.7 Å². The van der Waals surface area contributed by atoms with Gasteiger partial charge in [0.1, 0.15) is 6.26 Å². The van der Waals surface area contributed by atoms with Crippen molar-refractivity contribution in [3.63, 3.8) is 0 Å². The minimum Gasteiger partial charge on any atom is -0.445 e. The van der Waals surface area contributed by atoms with Crippen molar-refractivity contribution in [3.05, 3.63) is 36.2 Å². The zero-order chi connectivity index (χ0) is 14.7. The number of amides is 1. The van der Waals surface area contributed by atoms with E-state index in [1.54, 1.807) is 12.5 Å². The number of nitrogens with zero attached hydrogens (tertiary/aromatic N) is 1. The molecule has 0 spiro atoms. The molecule has 1 fully saturated rings. The number of carbonyl (C=O) groups is 1. The topological polar surface area (TPSA) is 67.2 Å². The van der Waals surface area contributed by atoms with Gasteiger partial charge in [-0.1, -0.05) is 6.07 Å². The SMILES string of the molecule is Cc1ccc(NC(=O)CC2CCCN2)cc1-c1ncco1.Cl. The average molecular weight is 322 g/mol. The highest BCUT2D eigenvalue weighted by Gasteiger charge is 2.18. The van der Waals surface area contributed by atoms with Crippen molar-refractivity contribution >= 4 is 24.0 Å². The molecule has 0 radical (unpaired) electrons. The summed E-state index contributed by atoms with van der Waals surface area (Å²) in [5, 5.41) is 6.28. The second kappa shape index (κ2) is 7.42. The van der Waals surface area contributed by atoms with Crippen LogP contribution in [-0.4, -0.2) is 23.5 Å². The van der Waals surface area contributed by atoms with Crippen LogP contribution in [0.3, 0.4) is 0 Å². The number of rotatable bonds is 4. The van der Waals surface area contributed by atoms with E-state index in [-0.39, 0.29) is 18.3 Å². The fraction of sp³-hybridized carbons (Fsp3) is 0.375. The highest BCUT2D eigenvalue weighted by atomic mass is 35.5. The molecule has 1 amide bonds. The first-order valence-corrected chi connectivity index (χ1v) is 7.26. The van der Waals surface area contributed by atoms with Crippen molar-refractivity contribution in [2.75, 3.05) is 11.9 Å². The third-order valence-electron chi connectivity index (χ3n) is 3.78. The Morgan fingerprint density at radius 3 is 3.05 bits per heavy atom. The van der Waals surface area contributed by atoms with Gasteiger partial charge in [0.15, 0.2) is 0 Å². The smallest absolute Gasteiger partial charge is 0.226 e. The van der Waals surface area contributed by atoms with Crippen molar-refractivity contribution in [2.24, 2.45) is 0 Å². The molecule has 22 heavy (non-hydrogen) atoms. The van der Waals surface area contributed by atoms with Crippen molar-refractivity contribution in [1.29, 1.82) is 0 Å². The molecule has 0 bridgehead atoms. The minimum absolute atomic E-state index is 0. The highest BCUT2D eigenvalue weighted by molar-refractivity contribution is 5.91. The Labute approximate surface area is 135 Å². The van der Waals surface area contributed by atoms with Crippen LogP contribution in [-0.2, 0) is 4.79 Å². The van der Waals surface area contributed by atoms with Gasteiger partial charge < -0.3 is 15.1 Å². The van der Waals surface area contributed by atoms with Crippen LogP contribution in [0.2, 0.25) is 0 Å². The predicted octanol–water partition coefficient (Wildman–Crippen LogP) is 3.15. The van der Waals surface area contributed by atoms with E-state index in [1.807, 2.05) is 25.1 Å². The molecule has 5 nitrogen and oxygen atoms in total. The van der Waals surface area contributed by atoms with E-state index >= 15 is 0 Å². The van der Waals surface area contributed by atoms with Crippen LogP contribution < -0.4 is 10.6 Å². The quantitative estimate of drug-likeness (QED) is 0.907. The van der Waals surface area contributed by atoms with E-state index in [2.05, 4.69) is 15.6 Å². The number of halogens is 1. The van der Waals surface area contributed by atoms with Gasteiger partial charge >= 0.3 is 0 Å². The van der Waals surface area contributed by atoms with Crippen LogP contribution >= 0.6 is 12.4 Å². The number of aryl methyl sites for hydroxylation is 1. The van der Waals surface area contributed by atoms with E-state index in [1.165, 1.54) is 0 Å². The molecular formula is C16H20ClN3O2. The first-order valence-electron chi connectivity index (χ1n) is 7.26. The van der Waals surface area contributed by atoms with E-state index in [4.69, 9.17) is 4.42 Å². The third-order valence-corrected chi connectivity index (χ3v) is 3.78. The van der Waals surface area contributed by atoms with Crippen LogP contribution in [0.1, 0.15) is 24.8 Å². The zero-order valence-electron chi connectivity index (χ0n) is 12.5. The van der Waals surface area contributed by atoms with Gasteiger partial charge in [-0.05, 0) is 44.0 Å². The van der Waals surface area contributed by atoms with Gasteiger partial charge in [0.25, 0.3) is 0 Å². The lowest BCUT2D eigenvalue weighted by molar-refractivity contribution is -0.116. The van der Waals surface area contributed by atoms with Crippen molar-refractivity contribution < 1.29 is 9.21 Å². The van der Waals surface area contributed by atoms with E-state index in [0.717, 1.165) is 36.2 Å². The molecular weight excluding hydrogens is 302 g/mol. The minimum atomic E-state index is 0. The second-order valence-electron chi connectivity index (χ2n) is 5.41. The number of hydrogen-bond acceptors (Lipinski definition) is 4. The van der Waals surface area contributed by atoms with E-state index < -0.39 is 0 Å². The van der Waals surface area contributed by atoms with Gasteiger partial charge in [-0.2, -0.15) is 0 Å². The number of benzene rings is 1. The Morgan fingerprint density at radius 2 is 2.36 bits per heavy atom. The van der Waals surface area contributed by atoms with Gasteiger partial charge in [0.05, 0.1) is 6.20 Å². The summed E-state index contributed by atoms with van der Waals surface area (Å²) in [5.41, 5.74) is 2.74. The number of anilines is 1. The molecule has 1 aliphatic heterocycles. The summed E-state index contributed by atoms with van der Waals surface area (Å²) in [6, 6.07) is 6.08. The Balaban J connectivity index is 0.00000176. The van der Waals surface area contributed by atoms with Crippen LogP contribution in [0.25, 0.3) is 11.5 Å². The zero-order valence-corrected chi connectivity index (χ0v) is 13.3. The fourth-order valence-corrected chi connectivity index (χ4v) is 2.65. The standard InChI is InChI=1S/C16H19N3O2.ClH/c1-11-4-5-13(9-14(11)16-18-7-8-21-16)19-15(20)10-12-3-2-6-17-12;/h4-5,7-9,12,17H,2-3,6,10H2,1H3,(H,19,20);1H. The summed E-state index contributed by atoms with van der Waals surface area (Å²) in [7, 11) is 0. The molecule has 1 aromatic heterocycles. The lowest BCUT2D eigenvalue weighted by Crippen LogP contribution is -2.27. The monoisotopic (exact) mass is 321 g/mol. The van der Waals surface area contributed by atoms with Crippen molar-refractivity contribution in [3.8, 4) is 11.5 Å². The van der Waals surface area contributed by atoms with Crippen LogP contribution in [0.4, 0.5) is 5.69 Å². The molecule has 1 unspecified atom stereocenters. The predicted molar refractivity (Wildman–Crippen MR) is 88.2 cm³/mol. The molecule has 1 saturated heterocycles. The first-order chi connectivity index (χ1) is 10.2. The summed E-state index contributed by atoms with van der Waals surface area (Å²) >= 11 is 0. The van der Waals surface area contributed by atoms with Crippen LogP contribution in [0, 0.1) is 6.92 Å². The molecule has 2 aromatic rings. The fourth-order valence-electron chi connectivity index (χ4n) is 2.65. The number of aromatic nitrogens is 1. The van der Waals surface area contributed by atoms with Gasteiger partial charge in [0.2, 0.25) is 11.8 Å². The van der Waals surface area contributed by atoms with Gasteiger partial charge in [-0.25, -0.2) is 4.98 Å². The largest absolute Gasteiger partial charge is 0.445 e. The van der Waals surface area contributed by atoms with Gasteiger partial charge in [-0.3, -0.25) is 4.79 Å². The Hall–Kier alpha value is -1.85. The maximum atomic E-state index is 12.1. The third kappa shape index (κ3) is 3.87. The molecule has 2 N–H and O–H groups in total. The maximum absolute atomic E-state index is 12.1. The first kappa shape index (κ1) is 16.5. The van der Waals surface area contributed by atoms with E-state index in [0.29, 0.717) is 18.4 Å². The van der Waals surface area contributed by atoms with Gasteiger partial charge in [-0.15, -0.1) is 12.4 Å². The average Bonchev–Trinajstić information content (AvgIpc) is 3.13. The van der Waals surface area contributed by atoms with Crippen LogP contribution in [0.5, 0.6) is 0 Å². The van der Waals surface area contributed by atoms with Crippen molar-refractivity contribution in [1.82, 2.24) is 10.3 Å². The lowest BCUT2D eigenvalue weighted by Gasteiger charge is -2.11. The molecule has 1 aromatic carbocycles. The molecule has 6 heteroatoms. The molecule has 118 valence electrons. The lowest BCUT2D eigenvalue weighted by atomic mass is 10.1. The van der Waals surface area contributed by atoms with Crippen LogP contribution in [0.15, 0.2) is 35.1 Å². The number of hydrogen-bond donors (Lipinski definition) is 2. The molecule has 1 aliphatic rings. The Kier molecular flexibility index (Phi) is 5.57. The summed E-state index contributed by atoms with van der Waals surface area (Å²) < 4.78 is 5.33. The van der Waals surface area contributed by atoms with E-state index in [9.17, 15) is 4.79 Å². The summed E-state index contributed by atoms with van der Waals surface area (Å²) in [6.45, 7) is 3.00. The summed E-state index contributed by atoms with van der Waals surface area (Å²) in [4.78, 5) is 16.2. The normalized spacial score (nSPS) is 17.0. The number of oxazole rings is 1. The second-order valence-corrected chi connectivity index (χ2v) is 5.41. The summed E-state index contributed by atoms with van der Waals surface area (Å²) in [6.07, 6.45) is 5.90. The Morgan fingerprint density at radius 1 is 1.50 bits per heavy atom. The highest BCUT2D eigenvalue weighted by Crippen LogP contribution is 2.25. The molecule has 3 rings (SSSR count). The molecule has 1 atom stereocenters. The molecule has 0 saturated carbocycles. The number of carbonyl (C=O) groups excluding carboxylic acids is 1. The molecule has 0 aliphatic carbocycles. The Bertz CT molecular complexity index is 622. The van der Waals surface area contributed by atoms with Crippen molar-refractivity contribution in [2.45, 2.75) is 32.2 Å². The number of nitrogens with one attached hydrogen (secondary N) is 2. The molecule has 2 heterocycles. The summed E-state index contributed by atoms with van der Waals surface area (Å²) in [5.74, 6) is 0.609. The maximum Gasteiger partial charge on any atom is 0.226 e.